The lowest BCUT2D eigenvalue weighted by Crippen LogP contribution is -2.26. The molecule has 1 unspecified atom stereocenters. The van der Waals surface area contributed by atoms with Crippen molar-refractivity contribution < 1.29 is 31.9 Å². The number of hydrogen-bond donors (Lipinski definition) is 1. The molecule has 1 aliphatic carbocycles. The van der Waals surface area contributed by atoms with E-state index < -0.39 is 40.8 Å². The molecule has 3 aromatic rings. The van der Waals surface area contributed by atoms with Crippen molar-refractivity contribution in [2.45, 2.75) is 37.5 Å². The van der Waals surface area contributed by atoms with E-state index in [1.54, 1.807) is 36.4 Å². The highest BCUT2D eigenvalue weighted by molar-refractivity contribution is 5.97. The number of benzene rings is 3. The van der Waals surface area contributed by atoms with E-state index in [0.717, 1.165) is 12.1 Å². The molecule has 1 heterocycles. The molecule has 0 bridgehead atoms. The van der Waals surface area contributed by atoms with Crippen LogP contribution in [-0.4, -0.2) is 11.9 Å². The summed E-state index contributed by atoms with van der Waals surface area (Å²) in [5, 5.41) is 11.8. The summed E-state index contributed by atoms with van der Waals surface area (Å²) in [4.78, 5) is 25.2. The van der Waals surface area contributed by atoms with Crippen molar-refractivity contribution in [1.82, 2.24) is 0 Å². The molecule has 5 rings (SSSR count). The van der Waals surface area contributed by atoms with Crippen molar-refractivity contribution in [2.75, 3.05) is 5.32 Å². The number of nitrogens with one attached hydrogen (secondary N) is 1. The van der Waals surface area contributed by atoms with E-state index in [4.69, 9.17) is 10.00 Å². The average molecular weight is 532 g/mol. The first kappa shape index (κ1) is 26.0. The second-order valence-electron chi connectivity index (χ2n) is 9.63. The summed E-state index contributed by atoms with van der Waals surface area (Å²) in [6.45, 7) is 0.0811. The number of hydrogen-bond acceptors (Lipinski definition) is 4. The van der Waals surface area contributed by atoms with E-state index in [9.17, 15) is 27.2 Å². The van der Waals surface area contributed by atoms with E-state index in [2.05, 4.69) is 17.2 Å². The summed E-state index contributed by atoms with van der Waals surface area (Å²) in [7, 11) is 0. The zero-order valence-electron chi connectivity index (χ0n) is 20.4. The first-order valence-electron chi connectivity index (χ1n) is 12.1. The Kier molecular flexibility index (Phi) is 6.61. The van der Waals surface area contributed by atoms with Gasteiger partial charge in [0.1, 0.15) is 18.3 Å². The molecule has 1 N–H and O–H groups in total. The zero-order valence-corrected chi connectivity index (χ0v) is 20.4. The number of esters is 1. The average Bonchev–Trinajstić information content (AvgIpc) is 3.60. The Morgan fingerprint density at radius 2 is 1.77 bits per heavy atom. The molecular formula is C30H20F4N2O3. The summed E-state index contributed by atoms with van der Waals surface area (Å²) in [6, 6.07) is 15.4. The Balaban J connectivity index is 1.45. The first-order valence-corrected chi connectivity index (χ1v) is 12.1. The Morgan fingerprint density at radius 3 is 2.44 bits per heavy atom. The Bertz CT molecular complexity index is 1570. The van der Waals surface area contributed by atoms with Crippen LogP contribution in [0.25, 0.3) is 0 Å². The minimum Gasteiger partial charge on any atom is -0.457 e. The quantitative estimate of drug-likeness (QED) is 0.244. The van der Waals surface area contributed by atoms with Gasteiger partial charge < -0.3 is 10.1 Å². The second kappa shape index (κ2) is 9.92. The van der Waals surface area contributed by atoms with Gasteiger partial charge in [-0.2, -0.15) is 18.4 Å². The van der Waals surface area contributed by atoms with Gasteiger partial charge in [0, 0.05) is 16.8 Å². The van der Waals surface area contributed by atoms with Crippen molar-refractivity contribution in [3.8, 4) is 17.9 Å². The predicted octanol–water partition coefficient (Wildman–Crippen LogP) is 6.11. The maximum Gasteiger partial charge on any atom is 0.416 e. The van der Waals surface area contributed by atoms with Gasteiger partial charge in [0.2, 0.25) is 5.91 Å². The third-order valence-corrected chi connectivity index (χ3v) is 6.99. The second-order valence-corrected chi connectivity index (χ2v) is 9.63. The molecule has 39 heavy (non-hydrogen) atoms. The molecule has 5 nitrogen and oxygen atoms in total. The maximum absolute atomic E-state index is 14.8. The number of amides is 1. The normalized spacial score (nSPS) is 15.7. The van der Waals surface area contributed by atoms with E-state index in [-0.39, 0.29) is 18.6 Å². The van der Waals surface area contributed by atoms with Gasteiger partial charge in [0.15, 0.2) is 0 Å². The Labute approximate surface area is 221 Å². The van der Waals surface area contributed by atoms with E-state index in [1.165, 1.54) is 6.07 Å². The third kappa shape index (κ3) is 5.49. The van der Waals surface area contributed by atoms with Gasteiger partial charge in [-0.05, 0) is 90.9 Å². The molecule has 0 saturated heterocycles. The Morgan fingerprint density at radius 1 is 1.05 bits per heavy atom. The van der Waals surface area contributed by atoms with Gasteiger partial charge >= 0.3 is 12.1 Å². The summed E-state index contributed by atoms with van der Waals surface area (Å²) in [5.74, 6) is 3.10. The molecule has 9 heteroatoms. The predicted molar refractivity (Wildman–Crippen MR) is 133 cm³/mol. The van der Waals surface area contributed by atoms with Gasteiger partial charge in [-0.25, -0.2) is 9.18 Å². The smallest absolute Gasteiger partial charge is 0.416 e. The van der Waals surface area contributed by atoms with Gasteiger partial charge in [0.05, 0.1) is 22.8 Å². The molecule has 1 aliphatic heterocycles. The lowest BCUT2D eigenvalue weighted by molar-refractivity contribution is -0.137. The lowest BCUT2D eigenvalue weighted by Gasteiger charge is -2.22. The van der Waals surface area contributed by atoms with Crippen LogP contribution >= 0.6 is 0 Å². The monoisotopic (exact) mass is 532 g/mol. The fraction of sp³-hybridized carbons (Fsp3) is 0.233. The molecular weight excluding hydrogens is 512 g/mol. The minimum absolute atomic E-state index is 0.00683. The number of nitriles is 1. The molecule has 1 amide bonds. The van der Waals surface area contributed by atoms with Gasteiger partial charge in [-0.3, -0.25) is 4.79 Å². The third-order valence-electron chi connectivity index (χ3n) is 6.99. The number of carbonyl (C=O) groups excluding carboxylic acids is 2. The molecule has 1 atom stereocenters. The van der Waals surface area contributed by atoms with Crippen molar-refractivity contribution in [2.24, 2.45) is 5.92 Å². The molecule has 3 aromatic carbocycles. The van der Waals surface area contributed by atoms with Crippen LogP contribution in [0.2, 0.25) is 0 Å². The minimum atomic E-state index is -4.64. The van der Waals surface area contributed by atoms with Crippen LogP contribution in [0.3, 0.4) is 0 Å². The number of ether oxygens (including phenoxy) is 1. The van der Waals surface area contributed by atoms with Gasteiger partial charge in [0.25, 0.3) is 0 Å². The standard InChI is InChI=1S/C30H20F4N2O3/c31-26-10-7-22(30(32,33)34)14-25(26)29(11-12-29)15-20(6-5-18-1-3-19(16-35)4-2-18)27(37)36-23-8-9-24-21(13-23)17-39-28(24)38/h1-4,7-10,13-14,20H,11-12,15,17H2,(H,36,37). The van der Waals surface area contributed by atoms with Crippen LogP contribution in [0.15, 0.2) is 60.7 Å². The SMILES string of the molecule is N#Cc1ccc(C#CC(CC2(c3cc(C(F)(F)F)ccc3F)CC2)C(=O)Nc2ccc3c(c2)COC3=O)cc1. The highest BCUT2D eigenvalue weighted by Crippen LogP contribution is 2.54. The van der Waals surface area contributed by atoms with E-state index in [0.29, 0.717) is 46.8 Å². The van der Waals surface area contributed by atoms with Crippen LogP contribution < -0.4 is 5.32 Å². The number of halogens is 4. The number of anilines is 1. The molecule has 196 valence electrons. The highest BCUT2D eigenvalue weighted by Gasteiger charge is 2.49. The largest absolute Gasteiger partial charge is 0.457 e. The van der Waals surface area contributed by atoms with Crippen LogP contribution in [0, 0.1) is 34.9 Å². The molecule has 1 fully saturated rings. The van der Waals surface area contributed by atoms with E-state index in [1.807, 2.05) is 6.07 Å². The number of nitrogens with zero attached hydrogens (tertiary/aromatic N) is 1. The highest BCUT2D eigenvalue weighted by atomic mass is 19.4. The Hall–Kier alpha value is -4.63. The molecule has 1 saturated carbocycles. The van der Waals surface area contributed by atoms with Crippen molar-refractivity contribution in [3.63, 3.8) is 0 Å². The first-order chi connectivity index (χ1) is 18.6. The van der Waals surface area contributed by atoms with Crippen LogP contribution in [0.4, 0.5) is 23.2 Å². The summed E-state index contributed by atoms with van der Waals surface area (Å²) in [5.41, 5.74) is 0.390. The number of rotatable bonds is 5. The molecule has 2 aliphatic rings. The van der Waals surface area contributed by atoms with Crippen molar-refractivity contribution in [3.05, 3.63) is 99.9 Å². The molecule has 0 radical (unpaired) electrons. The lowest BCUT2D eigenvalue weighted by atomic mass is 9.84. The van der Waals surface area contributed by atoms with Gasteiger partial charge in [-0.15, -0.1) is 0 Å². The fourth-order valence-corrected chi connectivity index (χ4v) is 4.68. The van der Waals surface area contributed by atoms with Crippen LogP contribution in [-0.2, 0) is 27.7 Å². The fourth-order valence-electron chi connectivity index (χ4n) is 4.68. The van der Waals surface area contributed by atoms with Crippen LogP contribution in [0.5, 0.6) is 0 Å². The summed E-state index contributed by atoms with van der Waals surface area (Å²) in [6.07, 6.45) is -3.81. The zero-order chi connectivity index (χ0) is 27.8. The van der Waals surface area contributed by atoms with Crippen molar-refractivity contribution >= 4 is 17.6 Å². The van der Waals surface area contributed by atoms with Crippen molar-refractivity contribution in [1.29, 1.82) is 5.26 Å². The van der Waals surface area contributed by atoms with E-state index >= 15 is 0 Å². The topological polar surface area (TPSA) is 79.2 Å². The van der Waals surface area contributed by atoms with Crippen LogP contribution in [0.1, 0.15) is 57.4 Å². The number of carbonyl (C=O) groups is 2. The maximum atomic E-state index is 14.8. The number of fused-ring (bicyclic) bond motifs is 1. The summed E-state index contributed by atoms with van der Waals surface area (Å²) >= 11 is 0. The molecule has 0 aromatic heterocycles. The molecule has 0 spiro atoms. The number of alkyl halides is 3. The number of cyclic esters (lactones) is 1. The van der Waals surface area contributed by atoms with Gasteiger partial charge in [-0.1, -0.05) is 11.8 Å². The summed E-state index contributed by atoms with van der Waals surface area (Å²) < 4.78 is 59.9.